The van der Waals surface area contributed by atoms with Gasteiger partial charge in [-0.05, 0) is 18.2 Å². The van der Waals surface area contributed by atoms with Crippen LogP contribution in [0.5, 0.6) is 5.75 Å². The maximum Gasteiger partial charge on any atom is 0.329 e. The summed E-state index contributed by atoms with van der Waals surface area (Å²) in [7, 11) is 0. The van der Waals surface area contributed by atoms with E-state index in [4.69, 9.17) is 5.11 Å². The molecule has 2 N–H and O–H groups in total. The van der Waals surface area contributed by atoms with Crippen LogP contribution in [0.3, 0.4) is 0 Å². The third kappa shape index (κ3) is 2.15. The van der Waals surface area contributed by atoms with Crippen molar-refractivity contribution in [1.82, 2.24) is 9.55 Å². The highest BCUT2D eigenvalue weighted by atomic mass is 16.4. The molecule has 0 aliphatic heterocycles. The average Bonchev–Trinajstić information content (AvgIpc) is 2.29. The zero-order chi connectivity index (χ0) is 12.4. The van der Waals surface area contributed by atoms with E-state index in [1.54, 1.807) is 0 Å². The lowest BCUT2D eigenvalue weighted by Crippen LogP contribution is -2.16. The molecule has 0 amide bonds. The first-order valence-electron chi connectivity index (χ1n) is 4.69. The molecule has 1 aromatic heterocycles. The van der Waals surface area contributed by atoms with Crippen molar-refractivity contribution in [3.05, 3.63) is 41.0 Å². The SMILES string of the molecule is O=C(O)/C=C/n1cnc2ccc(O)cc2c1=O. The van der Waals surface area contributed by atoms with Crippen LogP contribution >= 0.6 is 0 Å². The van der Waals surface area contributed by atoms with Gasteiger partial charge in [0.05, 0.1) is 10.9 Å². The highest BCUT2D eigenvalue weighted by Gasteiger charge is 2.03. The third-order valence-corrected chi connectivity index (χ3v) is 2.14. The molecule has 6 nitrogen and oxygen atoms in total. The standard InChI is InChI=1S/C11H8N2O4/c14-7-1-2-9-8(5-7)11(17)13(6-12-9)4-3-10(15)16/h1-6,14H,(H,15,16)/b4-3+. The van der Waals surface area contributed by atoms with E-state index < -0.39 is 11.5 Å². The number of fused-ring (bicyclic) bond motifs is 1. The van der Waals surface area contributed by atoms with Gasteiger partial charge in [-0.2, -0.15) is 0 Å². The minimum Gasteiger partial charge on any atom is -0.508 e. The molecule has 0 radical (unpaired) electrons. The Labute approximate surface area is 95.1 Å². The Bertz CT molecular complexity index is 673. The van der Waals surface area contributed by atoms with E-state index in [1.165, 1.54) is 24.5 Å². The summed E-state index contributed by atoms with van der Waals surface area (Å²) in [5, 5.41) is 18.0. The van der Waals surface area contributed by atoms with Crippen molar-refractivity contribution >= 4 is 23.1 Å². The van der Waals surface area contributed by atoms with Crippen LogP contribution in [-0.4, -0.2) is 25.7 Å². The van der Waals surface area contributed by atoms with Gasteiger partial charge in [0.25, 0.3) is 5.56 Å². The number of carbonyl (C=O) groups is 1. The first-order valence-corrected chi connectivity index (χ1v) is 4.69. The first-order chi connectivity index (χ1) is 8.08. The Balaban J connectivity index is 2.65. The molecule has 0 saturated carbocycles. The van der Waals surface area contributed by atoms with Crippen LogP contribution in [0.1, 0.15) is 0 Å². The van der Waals surface area contributed by atoms with Gasteiger partial charge in [-0.15, -0.1) is 0 Å². The Hall–Kier alpha value is -2.63. The minimum absolute atomic E-state index is 0.0450. The lowest BCUT2D eigenvalue weighted by Gasteiger charge is -2.01. The summed E-state index contributed by atoms with van der Waals surface area (Å²) in [6.45, 7) is 0. The molecule has 2 rings (SSSR count). The number of benzene rings is 1. The summed E-state index contributed by atoms with van der Waals surface area (Å²) in [4.78, 5) is 26.2. The molecule has 0 unspecified atom stereocenters. The number of phenolic OH excluding ortho intramolecular Hbond substituents is 1. The number of nitrogens with zero attached hydrogens (tertiary/aromatic N) is 2. The van der Waals surface area contributed by atoms with Gasteiger partial charge in [-0.3, -0.25) is 9.36 Å². The fraction of sp³-hybridized carbons (Fsp3) is 0. The van der Waals surface area contributed by atoms with Crippen molar-refractivity contribution in [3.8, 4) is 5.75 Å². The smallest absolute Gasteiger partial charge is 0.329 e. The number of hydrogen-bond acceptors (Lipinski definition) is 4. The summed E-state index contributed by atoms with van der Waals surface area (Å²) in [5.74, 6) is -1.20. The number of carboxylic acids is 1. The number of aromatic nitrogens is 2. The second-order valence-corrected chi connectivity index (χ2v) is 3.31. The molecule has 0 atom stereocenters. The van der Waals surface area contributed by atoms with Gasteiger partial charge < -0.3 is 10.2 Å². The van der Waals surface area contributed by atoms with Crippen LogP contribution in [0.15, 0.2) is 35.4 Å². The van der Waals surface area contributed by atoms with Gasteiger partial charge in [-0.1, -0.05) is 0 Å². The number of rotatable bonds is 2. The zero-order valence-electron chi connectivity index (χ0n) is 8.57. The molecule has 17 heavy (non-hydrogen) atoms. The molecule has 0 bridgehead atoms. The predicted molar refractivity (Wildman–Crippen MR) is 60.6 cm³/mol. The second kappa shape index (κ2) is 4.09. The van der Waals surface area contributed by atoms with Gasteiger partial charge in [0.15, 0.2) is 0 Å². The van der Waals surface area contributed by atoms with Crippen molar-refractivity contribution in [2.45, 2.75) is 0 Å². The van der Waals surface area contributed by atoms with E-state index in [0.717, 1.165) is 16.8 Å². The topological polar surface area (TPSA) is 92.4 Å². The van der Waals surface area contributed by atoms with E-state index in [0.29, 0.717) is 5.52 Å². The molecule has 0 saturated heterocycles. The first kappa shape index (κ1) is 10.9. The summed E-state index contributed by atoms with van der Waals surface area (Å²) in [6, 6.07) is 4.22. The molecule has 0 spiro atoms. The molecule has 2 aromatic rings. The maximum absolute atomic E-state index is 11.9. The van der Waals surface area contributed by atoms with Gasteiger partial charge >= 0.3 is 5.97 Å². The molecule has 0 fully saturated rings. The Morgan fingerprint density at radius 2 is 2.18 bits per heavy atom. The van der Waals surface area contributed by atoms with Crippen LogP contribution in [0.4, 0.5) is 0 Å². The van der Waals surface area contributed by atoms with Crippen LogP contribution in [0.2, 0.25) is 0 Å². The van der Waals surface area contributed by atoms with E-state index in [9.17, 15) is 14.7 Å². The summed E-state index contributed by atoms with van der Waals surface area (Å²) in [5.41, 5.74) is -0.00354. The van der Waals surface area contributed by atoms with Gasteiger partial charge in [0.2, 0.25) is 0 Å². The van der Waals surface area contributed by atoms with E-state index >= 15 is 0 Å². The van der Waals surface area contributed by atoms with Crippen molar-refractivity contribution in [2.24, 2.45) is 0 Å². The number of carboxylic acid groups (broad SMARTS) is 1. The van der Waals surface area contributed by atoms with Gasteiger partial charge in [0.1, 0.15) is 12.1 Å². The second-order valence-electron chi connectivity index (χ2n) is 3.31. The quantitative estimate of drug-likeness (QED) is 0.742. The fourth-order valence-corrected chi connectivity index (χ4v) is 1.37. The number of hydrogen-bond donors (Lipinski definition) is 2. The Morgan fingerprint density at radius 3 is 2.88 bits per heavy atom. The van der Waals surface area contributed by atoms with Crippen LogP contribution in [-0.2, 0) is 4.79 Å². The summed E-state index contributed by atoms with van der Waals surface area (Å²) < 4.78 is 1.04. The van der Waals surface area contributed by atoms with E-state index in [2.05, 4.69) is 4.98 Å². The van der Waals surface area contributed by atoms with Gasteiger partial charge in [-0.25, -0.2) is 9.78 Å². The monoisotopic (exact) mass is 232 g/mol. The predicted octanol–water partition coefficient (Wildman–Crippen LogP) is 0.657. The highest BCUT2D eigenvalue weighted by Crippen LogP contribution is 2.14. The molecular weight excluding hydrogens is 224 g/mol. The van der Waals surface area contributed by atoms with Crippen LogP contribution in [0.25, 0.3) is 17.1 Å². The van der Waals surface area contributed by atoms with Crippen LogP contribution in [0, 0.1) is 0 Å². The Morgan fingerprint density at radius 1 is 1.41 bits per heavy atom. The number of aromatic hydroxyl groups is 1. The average molecular weight is 232 g/mol. The van der Waals surface area contributed by atoms with Crippen molar-refractivity contribution in [3.63, 3.8) is 0 Å². The maximum atomic E-state index is 11.9. The molecule has 1 heterocycles. The van der Waals surface area contributed by atoms with Crippen molar-refractivity contribution < 1.29 is 15.0 Å². The zero-order valence-corrected chi connectivity index (χ0v) is 8.57. The van der Waals surface area contributed by atoms with E-state index in [1.807, 2.05) is 0 Å². The summed E-state index contributed by atoms with van der Waals surface area (Å²) in [6.07, 6.45) is 3.15. The van der Waals surface area contributed by atoms with Gasteiger partial charge in [0, 0.05) is 12.3 Å². The minimum atomic E-state index is -1.16. The molecule has 6 heteroatoms. The fourth-order valence-electron chi connectivity index (χ4n) is 1.37. The van der Waals surface area contributed by atoms with Crippen molar-refractivity contribution in [2.75, 3.05) is 0 Å². The molecule has 0 aliphatic rings. The number of phenols is 1. The molecule has 1 aromatic carbocycles. The summed E-state index contributed by atoms with van der Waals surface area (Å²) >= 11 is 0. The highest BCUT2D eigenvalue weighted by molar-refractivity contribution is 5.83. The molecular formula is C11H8N2O4. The normalized spacial score (nSPS) is 11.1. The Kier molecular flexibility index (Phi) is 2.61. The molecule has 0 aliphatic carbocycles. The third-order valence-electron chi connectivity index (χ3n) is 2.14. The largest absolute Gasteiger partial charge is 0.508 e. The van der Waals surface area contributed by atoms with Crippen molar-refractivity contribution in [1.29, 1.82) is 0 Å². The lowest BCUT2D eigenvalue weighted by molar-refractivity contribution is -0.131. The van der Waals surface area contributed by atoms with E-state index in [-0.39, 0.29) is 11.1 Å². The lowest BCUT2D eigenvalue weighted by atomic mass is 10.2. The molecule has 86 valence electrons. The number of aliphatic carboxylic acids is 1. The van der Waals surface area contributed by atoms with Crippen LogP contribution < -0.4 is 5.56 Å².